The Morgan fingerprint density at radius 1 is 1.46 bits per heavy atom. The van der Waals surface area contributed by atoms with Gasteiger partial charge in [-0.25, -0.2) is 9.67 Å². The quantitative estimate of drug-likeness (QED) is 0.779. The summed E-state index contributed by atoms with van der Waals surface area (Å²) in [6.07, 6.45) is 5.27. The zero-order valence-electron chi connectivity index (χ0n) is 15.1. The third-order valence-electron chi connectivity index (χ3n) is 4.97. The molecule has 136 valence electrons. The summed E-state index contributed by atoms with van der Waals surface area (Å²) in [6.45, 7) is 5.30. The number of hydrogen-bond acceptors (Lipinski definition) is 5. The van der Waals surface area contributed by atoms with E-state index in [0.29, 0.717) is 29.2 Å². The molecular weight excluding hydrogens is 330 g/mol. The fourth-order valence-corrected chi connectivity index (χ4v) is 3.63. The van der Waals surface area contributed by atoms with E-state index >= 15 is 0 Å². The van der Waals surface area contributed by atoms with Crippen LogP contribution < -0.4 is 5.73 Å². The molecule has 7 nitrogen and oxygen atoms in total. The van der Waals surface area contributed by atoms with Gasteiger partial charge in [0.2, 0.25) is 0 Å². The van der Waals surface area contributed by atoms with Gasteiger partial charge in [0.25, 0.3) is 5.91 Å². The first kappa shape index (κ1) is 16.8. The van der Waals surface area contributed by atoms with Crippen LogP contribution in [0.3, 0.4) is 0 Å². The molecule has 1 atom stereocenters. The molecule has 3 aromatic heterocycles. The molecule has 0 radical (unpaired) electrons. The van der Waals surface area contributed by atoms with Gasteiger partial charge in [-0.15, -0.1) is 0 Å². The van der Waals surface area contributed by atoms with E-state index < -0.39 is 0 Å². The molecule has 1 saturated heterocycles. The second-order valence-corrected chi connectivity index (χ2v) is 6.98. The van der Waals surface area contributed by atoms with Crippen molar-refractivity contribution < 1.29 is 9.21 Å². The second-order valence-electron chi connectivity index (χ2n) is 6.98. The Hall–Kier alpha value is -2.67. The Bertz CT molecular complexity index is 929. The zero-order valence-corrected chi connectivity index (χ0v) is 15.1. The third-order valence-corrected chi connectivity index (χ3v) is 4.97. The van der Waals surface area contributed by atoms with Gasteiger partial charge in [0.1, 0.15) is 5.69 Å². The number of nitrogens with two attached hydrogens (primary N) is 1. The standard InChI is InChI=1S/C19H23N5O2/c1-12(2)24-18-15(11-21-24)14(9-16(22-18)17-6-4-8-26-17)19(25)23-7-3-5-13(23)10-20/h4,6,8-9,11-13H,3,5,7,10,20H2,1-2H3. The van der Waals surface area contributed by atoms with Crippen molar-refractivity contribution in [1.82, 2.24) is 19.7 Å². The van der Waals surface area contributed by atoms with E-state index in [1.807, 2.05) is 41.6 Å². The lowest BCUT2D eigenvalue weighted by atomic mass is 10.1. The molecule has 4 rings (SSSR count). The van der Waals surface area contributed by atoms with Crippen molar-refractivity contribution in [3.8, 4) is 11.5 Å². The topological polar surface area (TPSA) is 90.2 Å². The number of carbonyl (C=O) groups is 1. The predicted molar refractivity (Wildman–Crippen MR) is 98.7 cm³/mol. The number of likely N-dealkylation sites (tertiary alicyclic amines) is 1. The van der Waals surface area contributed by atoms with E-state index in [-0.39, 0.29) is 18.0 Å². The summed E-state index contributed by atoms with van der Waals surface area (Å²) in [4.78, 5) is 19.9. The van der Waals surface area contributed by atoms with Crippen LogP contribution in [0, 0.1) is 0 Å². The average molecular weight is 353 g/mol. The minimum Gasteiger partial charge on any atom is -0.463 e. The highest BCUT2D eigenvalue weighted by Crippen LogP contribution is 2.29. The molecule has 0 bridgehead atoms. The number of furan rings is 1. The van der Waals surface area contributed by atoms with Crippen LogP contribution in [0.2, 0.25) is 0 Å². The van der Waals surface area contributed by atoms with E-state index in [1.54, 1.807) is 12.5 Å². The third kappa shape index (κ3) is 2.68. The monoisotopic (exact) mass is 353 g/mol. The van der Waals surface area contributed by atoms with Crippen molar-refractivity contribution in [3.63, 3.8) is 0 Å². The number of aromatic nitrogens is 3. The maximum Gasteiger partial charge on any atom is 0.255 e. The van der Waals surface area contributed by atoms with Crippen LogP contribution in [-0.2, 0) is 0 Å². The minimum absolute atomic E-state index is 0.0125. The number of fused-ring (bicyclic) bond motifs is 1. The molecule has 7 heteroatoms. The van der Waals surface area contributed by atoms with Crippen molar-refractivity contribution in [1.29, 1.82) is 0 Å². The summed E-state index contributed by atoms with van der Waals surface area (Å²) in [5.41, 5.74) is 7.80. The fourth-order valence-electron chi connectivity index (χ4n) is 3.63. The van der Waals surface area contributed by atoms with Crippen molar-refractivity contribution >= 4 is 16.9 Å². The van der Waals surface area contributed by atoms with E-state index in [2.05, 4.69) is 5.10 Å². The van der Waals surface area contributed by atoms with Crippen LogP contribution in [0.15, 0.2) is 35.1 Å². The number of amides is 1. The SMILES string of the molecule is CC(C)n1ncc2c(C(=O)N3CCCC3CN)cc(-c3ccco3)nc21. The Morgan fingerprint density at radius 3 is 3.00 bits per heavy atom. The predicted octanol–water partition coefficient (Wildman–Crippen LogP) is 2.84. The van der Waals surface area contributed by atoms with E-state index in [4.69, 9.17) is 15.1 Å². The van der Waals surface area contributed by atoms with Crippen molar-refractivity contribution in [3.05, 3.63) is 36.2 Å². The van der Waals surface area contributed by atoms with Gasteiger partial charge in [0.05, 0.1) is 23.4 Å². The molecule has 1 aliphatic rings. The largest absolute Gasteiger partial charge is 0.463 e. The van der Waals surface area contributed by atoms with Crippen molar-refractivity contribution in [2.45, 2.75) is 38.8 Å². The lowest BCUT2D eigenvalue weighted by Gasteiger charge is -2.24. The molecule has 0 aromatic carbocycles. The molecule has 1 aliphatic heterocycles. The number of hydrogen-bond donors (Lipinski definition) is 1. The fraction of sp³-hybridized carbons (Fsp3) is 0.421. The molecule has 3 aromatic rings. The number of carbonyl (C=O) groups excluding carboxylic acids is 1. The van der Waals surface area contributed by atoms with E-state index in [1.165, 1.54) is 0 Å². The zero-order chi connectivity index (χ0) is 18.3. The summed E-state index contributed by atoms with van der Waals surface area (Å²) in [5, 5.41) is 5.22. The summed E-state index contributed by atoms with van der Waals surface area (Å²) >= 11 is 0. The van der Waals surface area contributed by atoms with E-state index in [0.717, 1.165) is 24.8 Å². The van der Waals surface area contributed by atoms with Gasteiger partial charge in [0, 0.05) is 25.2 Å². The van der Waals surface area contributed by atoms with Crippen LogP contribution in [0.5, 0.6) is 0 Å². The van der Waals surface area contributed by atoms with Gasteiger partial charge in [-0.2, -0.15) is 5.10 Å². The van der Waals surface area contributed by atoms with Crippen molar-refractivity contribution in [2.24, 2.45) is 5.73 Å². The number of pyridine rings is 1. The Labute approximate surface area is 151 Å². The molecule has 4 heterocycles. The first-order valence-electron chi connectivity index (χ1n) is 9.03. The molecule has 1 unspecified atom stereocenters. The van der Waals surface area contributed by atoms with Crippen LogP contribution in [-0.4, -0.2) is 44.7 Å². The van der Waals surface area contributed by atoms with Gasteiger partial charge >= 0.3 is 0 Å². The lowest BCUT2D eigenvalue weighted by Crippen LogP contribution is -2.40. The average Bonchev–Trinajstić information content (AvgIpc) is 3.39. The first-order chi connectivity index (χ1) is 12.6. The second kappa shape index (κ2) is 6.57. The number of rotatable bonds is 4. The van der Waals surface area contributed by atoms with Gasteiger partial charge in [0.15, 0.2) is 11.4 Å². The molecule has 1 fully saturated rings. The van der Waals surface area contributed by atoms with Crippen LogP contribution in [0.1, 0.15) is 43.1 Å². The van der Waals surface area contributed by atoms with Gasteiger partial charge in [-0.3, -0.25) is 4.79 Å². The smallest absolute Gasteiger partial charge is 0.255 e. The van der Waals surface area contributed by atoms with Crippen molar-refractivity contribution in [2.75, 3.05) is 13.1 Å². The van der Waals surface area contributed by atoms with Crippen LogP contribution in [0.4, 0.5) is 0 Å². The number of nitrogens with zero attached hydrogens (tertiary/aromatic N) is 4. The molecule has 0 saturated carbocycles. The summed E-state index contributed by atoms with van der Waals surface area (Å²) < 4.78 is 7.35. The molecule has 26 heavy (non-hydrogen) atoms. The van der Waals surface area contributed by atoms with Gasteiger partial charge in [-0.1, -0.05) is 0 Å². The normalized spacial score (nSPS) is 17.5. The van der Waals surface area contributed by atoms with Gasteiger partial charge < -0.3 is 15.1 Å². The maximum absolute atomic E-state index is 13.3. The molecule has 1 amide bonds. The molecular formula is C19H23N5O2. The minimum atomic E-state index is -0.0125. The Balaban J connectivity index is 1.88. The summed E-state index contributed by atoms with van der Waals surface area (Å²) in [5.74, 6) is 0.621. The Kier molecular flexibility index (Phi) is 4.24. The maximum atomic E-state index is 13.3. The summed E-state index contributed by atoms with van der Waals surface area (Å²) in [7, 11) is 0. The molecule has 0 aliphatic carbocycles. The highest BCUT2D eigenvalue weighted by atomic mass is 16.3. The van der Waals surface area contributed by atoms with Gasteiger partial charge in [-0.05, 0) is 44.9 Å². The lowest BCUT2D eigenvalue weighted by molar-refractivity contribution is 0.0743. The Morgan fingerprint density at radius 2 is 2.31 bits per heavy atom. The first-order valence-corrected chi connectivity index (χ1v) is 9.03. The van der Waals surface area contributed by atoms with Crippen LogP contribution in [0.25, 0.3) is 22.5 Å². The highest BCUT2D eigenvalue weighted by Gasteiger charge is 2.30. The van der Waals surface area contributed by atoms with Crippen LogP contribution >= 0.6 is 0 Å². The highest BCUT2D eigenvalue weighted by molar-refractivity contribution is 6.06. The molecule has 2 N–H and O–H groups in total. The van der Waals surface area contributed by atoms with E-state index in [9.17, 15) is 4.79 Å². The molecule has 0 spiro atoms. The summed E-state index contributed by atoms with van der Waals surface area (Å²) in [6, 6.07) is 5.70.